The standard InChI is InChI=1S/C25H17FN2O2S.C16H13F3N4O2S/c1-31(29,30)22-13-9-17(10-14-22)23-15-20(16-27)24(18-5-3-2-4-6-18)28-25(23)19-7-11-21(26)12-8-19;1-11-7-8-20-13(9-11)15-21-14(16(17,18)19)10-23(15)22-26(24,25)12-5-3-2-4-6-12/h2-15H,1H3;2-10,22H,1H3. The van der Waals surface area contributed by atoms with Gasteiger partial charge in [0.2, 0.25) is 0 Å². The first-order valence-corrected chi connectivity index (χ1v) is 20.2. The summed E-state index contributed by atoms with van der Waals surface area (Å²) >= 11 is 0. The minimum absolute atomic E-state index is 0.0922. The number of rotatable bonds is 8. The highest BCUT2D eigenvalue weighted by Crippen LogP contribution is 2.36. The minimum Gasteiger partial charge on any atom is -0.253 e. The molecule has 0 amide bonds. The molecule has 0 bridgehead atoms. The van der Waals surface area contributed by atoms with Crippen molar-refractivity contribution in [3.8, 4) is 51.2 Å². The van der Waals surface area contributed by atoms with Gasteiger partial charge in [-0.2, -0.15) is 26.9 Å². The SMILES string of the molecule is CS(=O)(=O)c1ccc(-c2cc(C#N)c(-c3ccccc3)nc2-c2ccc(F)cc2)cc1.Cc1ccnc(-c2nc(C(F)(F)F)cn2NS(=O)(=O)c2ccccc2)c1. The number of nitrogens with one attached hydrogen (secondary N) is 1. The summed E-state index contributed by atoms with van der Waals surface area (Å²) < 4.78 is 102. The third kappa shape index (κ3) is 9.40. The van der Waals surface area contributed by atoms with Crippen LogP contribution in [-0.4, -0.2) is 42.7 Å². The Morgan fingerprint density at radius 1 is 0.719 bits per heavy atom. The summed E-state index contributed by atoms with van der Waals surface area (Å²) in [5.74, 6) is -0.625. The van der Waals surface area contributed by atoms with Crippen LogP contribution in [0, 0.1) is 24.1 Å². The molecule has 0 saturated carbocycles. The lowest BCUT2D eigenvalue weighted by Gasteiger charge is -2.14. The molecular formula is C41H30F4N6O4S2. The lowest BCUT2D eigenvalue weighted by Crippen LogP contribution is -2.23. The van der Waals surface area contributed by atoms with Crippen molar-refractivity contribution in [2.24, 2.45) is 0 Å². The van der Waals surface area contributed by atoms with E-state index in [2.05, 4.69) is 20.9 Å². The maximum atomic E-state index is 13.5. The molecule has 0 saturated heterocycles. The number of halogens is 4. The highest BCUT2D eigenvalue weighted by Gasteiger charge is 2.36. The number of aromatic nitrogens is 4. The Kier molecular flexibility index (Phi) is 11.4. The Hall–Kier alpha value is -6.70. The second kappa shape index (κ2) is 16.2. The highest BCUT2D eigenvalue weighted by molar-refractivity contribution is 7.92. The van der Waals surface area contributed by atoms with E-state index < -0.39 is 31.7 Å². The van der Waals surface area contributed by atoms with Crippen molar-refractivity contribution in [3.05, 3.63) is 162 Å². The lowest BCUT2D eigenvalue weighted by molar-refractivity contribution is -0.140. The number of aryl methyl sites for hydroxylation is 1. The average Bonchev–Trinajstić information content (AvgIpc) is 3.62. The van der Waals surface area contributed by atoms with Crippen LogP contribution < -0.4 is 4.83 Å². The van der Waals surface area contributed by atoms with Crippen molar-refractivity contribution < 1.29 is 34.4 Å². The van der Waals surface area contributed by atoms with Crippen LogP contribution in [0.25, 0.3) is 45.2 Å². The summed E-state index contributed by atoms with van der Waals surface area (Å²) in [6.45, 7) is 1.73. The molecule has 0 aliphatic heterocycles. The Morgan fingerprint density at radius 2 is 1.32 bits per heavy atom. The number of pyridine rings is 2. The largest absolute Gasteiger partial charge is 0.434 e. The van der Waals surface area contributed by atoms with Gasteiger partial charge in [-0.05, 0) is 84.8 Å². The van der Waals surface area contributed by atoms with E-state index in [-0.39, 0.29) is 27.1 Å². The van der Waals surface area contributed by atoms with Gasteiger partial charge in [-0.25, -0.2) is 32.3 Å². The van der Waals surface area contributed by atoms with Gasteiger partial charge in [0.15, 0.2) is 21.4 Å². The first-order valence-electron chi connectivity index (χ1n) is 16.8. The number of hydrogen-bond acceptors (Lipinski definition) is 8. The fourth-order valence-electron chi connectivity index (χ4n) is 5.55. The van der Waals surface area contributed by atoms with Gasteiger partial charge in [0.1, 0.15) is 17.6 Å². The maximum absolute atomic E-state index is 13.5. The molecule has 4 aromatic carbocycles. The summed E-state index contributed by atoms with van der Waals surface area (Å²) in [4.78, 5) is 14.5. The Morgan fingerprint density at radius 3 is 1.89 bits per heavy atom. The molecule has 7 rings (SSSR count). The average molecular weight is 811 g/mol. The van der Waals surface area contributed by atoms with E-state index in [4.69, 9.17) is 4.98 Å². The summed E-state index contributed by atoms with van der Waals surface area (Å²) in [7, 11) is -7.44. The van der Waals surface area contributed by atoms with E-state index in [1.807, 2.05) is 30.3 Å². The van der Waals surface area contributed by atoms with Gasteiger partial charge in [0.05, 0.1) is 32.9 Å². The first-order chi connectivity index (χ1) is 27.0. The predicted molar refractivity (Wildman–Crippen MR) is 207 cm³/mol. The molecule has 0 radical (unpaired) electrons. The second-order valence-electron chi connectivity index (χ2n) is 12.5. The van der Waals surface area contributed by atoms with Crippen molar-refractivity contribution in [3.63, 3.8) is 0 Å². The van der Waals surface area contributed by atoms with Gasteiger partial charge in [0, 0.05) is 29.1 Å². The molecule has 0 aliphatic rings. The third-order valence-electron chi connectivity index (χ3n) is 8.31. The molecule has 0 spiro atoms. The zero-order chi connectivity index (χ0) is 41.0. The first kappa shape index (κ1) is 40.0. The molecule has 16 heteroatoms. The molecule has 0 aliphatic carbocycles. The van der Waals surface area contributed by atoms with Crippen molar-refractivity contribution in [1.82, 2.24) is 19.6 Å². The lowest BCUT2D eigenvalue weighted by atomic mass is 9.95. The number of alkyl halides is 3. The van der Waals surface area contributed by atoms with Gasteiger partial charge < -0.3 is 0 Å². The van der Waals surface area contributed by atoms with Gasteiger partial charge in [0.25, 0.3) is 10.0 Å². The summed E-state index contributed by atoms with van der Waals surface area (Å²) in [6.07, 6.45) is -1.60. The van der Waals surface area contributed by atoms with Gasteiger partial charge in [-0.1, -0.05) is 60.7 Å². The fourth-order valence-corrected chi connectivity index (χ4v) is 7.20. The maximum Gasteiger partial charge on any atom is 0.434 e. The van der Waals surface area contributed by atoms with Crippen molar-refractivity contribution in [2.75, 3.05) is 11.1 Å². The number of nitriles is 1. The van der Waals surface area contributed by atoms with E-state index in [0.29, 0.717) is 44.5 Å². The van der Waals surface area contributed by atoms with Crippen LogP contribution >= 0.6 is 0 Å². The van der Waals surface area contributed by atoms with Crippen molar-refractivity contribution in [2.45, 2.75) is 22.9 Å². The molecule has 1 N–H and O–H groups in total. The van der Waals surface area contributed by atoms with Crippen LogP contribution in [0.4, 0.5) is 17.6 Å². The summed E-state index contributed by atoms with van der Waals surface area (Å²) in [6, 6.07) is 36.2. The van der Waals surface area contributed by atoms with E-state index in [0.717, 1.165) is 17.4 Å². The van der Waals surface area contributed by atoms with Crippen LogP contribution in [0.5, 0.6) is 0 Å². The quantitative estimate of drug-likeness (QED) is 0.150. The fraction of sp³-hybridized carbons (Fsp3) is 0.0732. The monoisotopic (exact) mass is 810 g/mol. The van der Waals surface area contributed by atoms with Crippen LogP contribution in [0.1, 0.15) is 16.8 Å². The predicted octanol–water partition coefficient (Wildman–Crippen LogP) is 8.70. The molecule has 7 aromatic rings. The molecule has 288 valence electrons. The zero-order valence-corrected chi connectivity index (χ0v) is 31.6. The van der Waals surface area contributed by atoms with E-state index in [9.17, 15) is 39.7 Å². The van der Waals surface area contributed by atoms with E-state index >= 15 is 0 Å². The summed E-state index contributed by atoms with van der Waals surface area (Å²) in [5, 5.41) is 9.78. The van der Waals surface area contributed by atoms with E-state index in [1.54, 1.807) is 49.4 Å². The molecule has 3 heterocycles. The van der Waals surface area contributed by atoms with Crippen LogP contribution in [0.3, 0.4) is 0 Å². The Bertz CT molecular complexity index is 2810. The molecule has 0 atom stereocenters. The number of sulfonamides is 1. The third-order valence-corrected chi connectivity index (χ3v) is 10.8. The minimum atomic E-state index is -4.73. The van der Waals surface area contributed by atoms with Crippen LogP contribution in [-0.2, 0) is 26.0 Å². The topological polar surface area (TPSA) is 148 Å². The highest BCUT2D eigenvalue weighted by atomic mass is 32.2. The van der Waals surface area contributed by atoms with Crippen molar-refractivity contribution in [1.29, 1.82) is 5.26 Å². The second-order valence-corrected chi connectivity index (χ2v) is 16.2. The number of benzene rings is 4. The Balaban J connectivity index is 0.000000196. The number of imidazole rings is 1. The van der Waals surface area contributed by atoms with Crippen LogP contribution in [0.15, 0.2) is 150 Å². The van der Waals surface area contributed by atoms with Crippen molar-refractivity contribution >= 4 is 19.9 Å². The van der Waals surface area contributed by atoms with Crippen LogP contribution in [0.2, 0.25) is 0 Å². The molecular weight excluding hydrogens is 781 g/mol. The number of sulfone groups is 1. The molecule has 10 nitrogen and oxygen atoms in total. The molecule has 3 aromatic heterocycles. The van der Waals surface area contributed by atoms with Gasteiger partial charge in [-0.3, -0.25) is 4.98 Å². The zero-order valence-electron chi connectivity index (χ0n) is 30.0. The normalized spacial score (nSPS) is 11.6. The van der Waals surface area contributed by atoms with E-state index in [1.165, 1.54) is 60.8 Å². The summed E-state index contributed by atoms with van der Waals surface area (Å²) in [5.41, 5.74) is 3.94. The smallest absolute Gasteiger partial charge is 0.253 e. The molecule has 0 unspecified atom stereocenters. The number of hydrogen-bond donors (Lipinski definition) is 1. The van der Waals surface area contributed by atoms with Gasteiger partial charge >= 0.3 is 6.18 Å². The molecule has 57 heavy (non-hydrogen) atoms. The molecule has 0 fully saturated rings. The Labute approximate surface area is 325 Å². The number of nitrogens with zero attached hydrogens (tertiary/aromatic N) is 5. The van der Waals surface area contributed by atoms with Gasteiger partial charge in [-0.15, -0.1) is 0 Å².